The quantitative estimate of drug-likeness (QED) is 0.844. The lowest BCUT2D eigenvalue weighted by Crippen LogP contribution is -2.53. The van der Waals surface area contributed by atoms with Gasteiger partial charge < -0.3 is 9.64 Å². The zero-order valence-electron chi connectivity index (χ0n) is 14.3. The summed E-state index contributed by atoms with van der Waals surface area (Å²) in [6.45, 7) is 10.2. The van der Waals surface area contributed by atoms with Crippen molar-refractivity contribution in [1.29, 1.82) is 0 Å². The maximum absolute atomic E-state index is 12.8. The number of carbonyl (C=O) groups excluding carboxylic acids is 1. The van der Waals surface area contributed by atoms with Crippen LogP contribution in [0.5, 0.6) is 0 Å². The van der Waals surface area contributed by atoms with Gasteiger partial charge in [-0.1, -0.05) is 6.92 Å². The van der Waals surface area contributed by atoms with Crippen LogP contribution in [0.15, 0.2) is 6.20 Å². The minimum Gasteiger partial charge on any atom is -0.381 e. The van der Waals surface area contributed by atoms with Gasteiger partial charge in [0.25, 0.3) is 5.91 Å². The van der Waals surface area contributed by atoms with Gasteiger partial charge in [-0.05, 0) is 26.2 Å². The van der Waals surface area contributed by atoms with Crippen molar-refractivity contribution in [3.8, 4) is 0 Å². The number of aryl methyl sites for hydroxylation is 2. The molecular formula is C17H28N4O2. The maximum Gasteiger partial charge on any atom is 0.257 e. The smallest absolute Gasteiger partial charge is 0.257 e. The SMILES string of the molecule is CCCn1cc(C(=O)N2CCN(C3CCOCC3)CC2)c(C)n1. The summed E-state index contributed by atoms with van der Waals surface area (Å²) < 4.78 is 7.33. The molecule has 3 rings (SSSR count). The van der Waals surface area contributed by atoms with Crippen molar-refractivity contribution in [2.75, 3.05) is 39.4 Å². The van der Waals surface area contributed by atoms with Crippen molar-refractivity contribution in [3.63, 3.8) is 0 Å². The molecule has 0 radical (unpaired) electrons. The molecule has 6 heteroatoms. The van der Waals surface area contributed by atoms with Crippen molar-refractivity contribution in [3.05, 3.63) is 17.5 Å². The fourth-order valence-corrected chi connectivity index (χ4v) is 3.58. The van der Waals surface area contributed by atoms with Crippen LogP contribution in [0.3, 0.4) is 0 Å². The van der Waals surface area contributed by atoms with Gasteiger partial charge in [-0.3, -0.25) is 14.4 Å². The third-order valence-electron chi connectivity index (χ3n) is 4.94. The Morgan fingerprint density at radius 2 is 1.96 bits per heavy atom. The zero-order chi connectivity index (χ0) is 16.2. The molecule has 1 amide bonds. The number of nitrogens with zero attached hydrogens (tertiary/aromatic N) is 4. The van der Waals surface area contributed by atoms with E-state index in [0.717, 1.165) is 76.5 Å². The molecule has 0 bridgehead atoms. The van der Waals surface area contributed by atoms with Crippen molar-refractivity contribution < 1.29 is 9.53 Å². The second-order valence-corrected chi connectivity index (χ2v) is 6.56. The lowest BCUT2D eigenvalue weighted by Gasteiger charge is -2.40. The third-order valence-corrected chi connectivity index (χ3v) is 4.94. The Balaban J connectivity index is 1.57. The average Bonchev–Trinajstić information content (AvgIpc) is 2.96. The van der Waals surface area contributed by atoms with Crippen LogP contribution in [-0.4, -0.2) is 70.9 Å². The number of amides is 1. The topological polar surface area (TPSA) is 50.6 Å². The van der Waals surface area contributed by atoms with Gasteiger partial charge in [0.15, 0.2) is 0 Å². The Labute approximate surface area is 138 Å². The molecule has 1 aromatic rings. The van der Waals surface area contributed by atoms with Crippen molar-refractivity contribution >= 4 is 5.91 Å². The van der Waals surface area contributed by atoms with Crippen LogP contribution in [0.1, 0.15) is 42.2 Å². The number of aromatic nitrogens is 2. The summed E-state index contributed by atoms with van der Waals surface area (Å²) in [5, 5.41) is 4.45. The summed E-state index contributed by atoms with van der Waals surface area (Å²) in [5.41, 5.74) is 1.60. The molecule has 0 aromatic carbocycles. The second kappa shape index (κ2) is 7.45. The lowest BCUT2D eigenvalue weighted by atomic mass is 10.1. The van der Waals surface area contributed by atoms with Gasteiger partial charge in [0, 0.05) is 58.2 Å². The van der Waals surface area contributed by atoms with Crippen LogP contribution < -0.4 is 0 Å². The lowest BCUT2D eigenvalue weighted by molar-refractivity contribution is 0.0137. The predicted octanol–water partition coefficient (Wildman–Crippen LogP) is 1.54. The molecule has 0 saturated carbocycles. The summed E-state index contributed by atoms with van der Waals surface area (Å²) in [4.78, 5) is 17.3. The first kappa shape index (κ1) is 16.5. The summed E-state index contributed by atoms with van der Waals surface area (Å²) in [6, 6.07) is 0.634. The van der Waals surface area contributed by atoms with E-state index < -0.39 is 0 Å². The van der Waals surface area contributed by atoms with E-state index in [0.29, 0.717) is 6.04 Å². The minimum absolute atomic E-state index is 0.136. The Morgan fingerprint density at radius 3 is 2.61 bits per heavy atom. The van der Waals surface area contributed by atoms with Crippen molar-refractivity contribution in [2.45, 2.75) is 45.7 Å². The van der Waals surface area contributed by atoms with Crippen LogP contribution in [0.4, 0.5) is 0 Å². The fourth-order valence-electron chi connectivity index (χ4n) is 3.58. The van der Waals surface area contributed by atoms with E-state index in [2.05, 4.69) is 16.9 Å². The number of hydrogen-bond acceptors (Lipinski definition) is 4. The van der Waals surface area contributed by atoms with E-state index in [4.69, 9.17) is 4.74 Å². The van der Waals surface area contributed by atoms with Crippen LogP contribution >= 0.6 is 0 Å². The molecule has 2 aliphatic rings. The molecule has 1 aromatic heterocycles. The first-order valence-corrected chi connectivity index (χ1v) is 8.84. The molecule has 0 N–H and O–H groups in total. The first-order valence-electron chi connectivity index (χ1n) is 8.84. The molecular weight excluding hydrogens is 292 g/mol. The molecule has 23 heavy (non-hydrogen) atoms. The van der Waals surface area contributed by atoms with E-state index >= 15 is 0 Å². The number of ether oxygens (including phenoxy) is 1. The van der Waals surface area contributed by atoms with Gasteiger partial charge in [0.2, 0.25) is 0 Å². The average molecular weight is 320 g/mol. The molecule has 2 aliphatic heterocycles. The highest BCUT2D eigenvalue weighted by Gasteiger charge is 2.28. The summed E-state index contributed by atoms with van der Waals surface area (Å²) in [5.74, 6) is 0.136. The van der Waals surface area contributed by atoms with Crippen LogP contribution in [0.2, 0.25) is 0 Å². The standard InChI is InChI=1S/C17H28N4O2/c1-3-6-21-13-16(14(2)18-21)17(22)20-9-7-19(8-10-20)15-4-11-23-12-5-15/h13,15H,3-12H2,1-2H3. The van der Waals surface area contributed by atoms with Crippen LogP contribution in [0.25, 0.3) is 0 Å². The molecule has 0 aliphatic carbocycles. The van der Waals surface area contributed by atoms with Gasteiger partial charge in [0.1, 0.15) is 0 Å². The Kier molecular flexibility index (Phi) is 5.33. The van der Waals surface area contributed by atoms with Gasteiger partial charge >= 0.3 is 0 Å². The summed E-state index contributed by atoms with van der Waals surface area (Å²) in [6.07, 6.45) is 5.18. The third kappa shape index (κ3) is 3.75. The van der Waals surface area contributed by atoms with Gasteiger partial charge in [0.05, 0.1) is 11.3 Å². The van der Waals surface area contributed by atoms with Crippen LogP contribution in [0, 0.1) is 6.92 Å². The van der Waals surface area contributed by atoms with Gasteiger partial charge in [-0.25, -0.2) is 0 Å². The first-order chi connectivity index (χ1) is 11.2. The molecule has 2 fully saturated rings. The maximum atomic E-state index is 12.8. The molecule has 128 valence electrons. The highest BCUT2D eigenvalue weighted by molar-refractivity contribution is 5.95. The Bertz CT molecular complexity index is 529. The molecule has 6 nitrogen and oxygen atoms in total. The molecule has 0 spiro atoms. The van der Waals surface area contributed by atoms with E-state index in [1.165, 1.54) is 0 Å². The minimum atomic E-state index is 0.136. The zero-order valence-corrected chi connectivity index (χ0v) is 14.3. The molecule has 3 heterocycles. The Hall–Kier alpha value is -1.40. The number of hydrogen-bond donors (Lipinski definition) is 0. The highest BCUT2D eigenvalue weighted by Crippen LogP contribution is 2.18. The van der Waals surface area contributed by atoms with Gasteiger partial charge in [-0.15, -0.1) is 0 Å². The number of piperazine rings is 1. The molecule has 0 atom stereocenters. The summed E-state index contributed by atoms with van der Waals surface area (Å²) in [7, 11) is 0. The largest absolute Gasteiger partial charge is 0.381 e. The van der Waals surface area contributed by atoms with Crippen molar-refractivity contribution in [2.24, 2.45) is 0 Å². The van der Waals surface area contributed by atoms with E-state index in [-0.39, 0.29) is 5.91 Å². The Morgan fingerprint density at radius 1 is 1.26 bits per heavy atom. The van der Waals surface area contributed by atoms with Crippen molar-refractivity contribution in [1.82, 2.24) is 19.6 Å². The normalized spacial score (nSPS) is 20.9. The van der Waals surface area contributed by atoms with E-state index in [1.54, 1.807) is 0 Å². The number of carbonyl (C=O) groups is 1. The summed E-state index contributed by atoms with van der Waals surface area (Å²) >= 11 is 0. The molecule has 0 unspecified atom stereocenters. The van der Waals surface area contributed by atoms with E-state index in [9.17, 15) is 4.79 Å². The fraction of sp³-hybridized carbons (Fsp3) is 0.765. The monoisotopic (exact) mass is 320 g/mol. The van der Waals surface area contributed by atoms with Gasteiger partial charge in [-0.2, -0.15) is 5.10 Å². The number of rotatable bonds is 4. The predicted molar refractivity (Wildman–Crippen MR) is 88.6 cm³/mol. The van der Waals surface area contributed by atoms with Crippen LogP contribution in [-0.2, 0) is 11.3 Å². The second-order valence-electron chi connectivity index (χ2n) is 6.56. The highest BCUT2D eigenvalue weighted by atomic mass is 16.5. The molecule has 2 saturated heterocycles. The van der Waals surface area contributed by atoms with E-state index in [1.807, 2.05) is 22.7 Å².